The summed E-state index contributed by atoms with van der Waals surface area (Å²) in [5.74, 6) is -0.375. The normalized spacial score (nSPS) is 12.1. The molecule has 2 N–H and O–H groups in total. The van der Waals surface area contributed by atoms with Gasteiger partial charge < -0.3 is 15.5 Å². The summed E-state index contributed by atoms with van der Waals surface area (Å²) in [7, 11) is 3.97. The first kappa shape index (κ1) is 20.6. The maximum absolute atomic E-state index is 12.8. The Morgan fingerprint density at radius 1 is 0.963 bits per heavy atom. The van der Waals surface area contributed by atoms with Crippen molar-refractivity contribution >= 4 is 17.5 Å². The molecular formula is C22H29N3O2. The molecule has 2 amide bonds. The van der Waals surface area contributed by atoms with Crippen LogP contribution >= 0.6 is 0 Å². The van der Waals surface area contributed by atoms with Crippen LogP contribution in [0.5, 0.6) is 0 Å². The summed E-state index contributed by atoms with van der Waals surface area (Å²) < 4.78 is 0. The van der Waals surface area contributed by atoms with Crippen LogP contribution < -0.4 is 10.6 Å². The van der Waals surface area contributed by atoms with Crippen LogP contribution in [0.2, 0.25) is 0 Å². The van der Waals surface area contributed by atoms with Gasteiger partial charge in [0.1, 0.15) is 6.04 Å². The number of hydrogen-bond donors (Lipinski definition) is 2. The monoisotopic (exact) mass is 367 g/mol. The van der Waals surface area contributed by atoms with Crippen molar-refractivity contribution in [1.82, 2.24) is 10.2 Å². The zero-order valence-corrected chi connectivity index (χ0v) is 16.5. The molecule has 0 aliphatic rings. The Morgan fingerprint density at radius 2 is 1.59 bits per heavy atom. The second-order valence-electron chi connectivity index (χ2n) is 7.34. The van der Waals surface area contributed by atoms with Crippen LogP contribution in [0.15, 0.2) is 54.6 Å². The fraction of sp³-hybridized carbons (Fsp3) is 0.364. The molecule has 2 rings (SSSR count). The molecule has 5 nitrogen and oxygen atoms in total. The van der Waals surface area contributed by atoms with Gasteiger partial charge in [0.25, 0.3) is 0 Å². The molecule has 0 unspecified atom stereocenters. The van der Waals surface area contributed by atoms with E-state index < -0.39 is 6.04 Å². The Balaban J connectivity index is 2.06. The first-order valence-electron chi connectivity index (χ1n) is 9.23. The van der Waals surface area contributed by atoms with E-state index in [4.69, 9.17) is 0 Å². The van der Waals surface area contributed by atoms with E-state index in [2.05, 4.69) is 10.6 Å². The van der Waals surface area contributed by atoms with Crippen LogP contribution in [0, 0.1) is 5.92 Å². The first-order chi connectivity index (χ1) is 12.9. The molecule has 27 heavy (non-hydrogen) atoms. The van der Waals surface area contributed by atoms with Gasteiger partial charge in [0.05, 0.1) is 6.42 Å². The summed E-state index contributed by atoms with van der Waals surface area (Å²) in [6.07, 6.45) is 0.258. The number of hydrogen-bond acceptors (Lipinski definition) is 3. The maximum Gasteiger partial charge on any atom is 0.247 e. The van der Waals surface area contributed by atoms with E-state index in [1.165, 1.54) is 0 Å². The van der Waals surface area contributed by atoms with Gasteiger partial charge in [0.2, 0.25) is 11.8 Å². The van der Waals surface area contributed by atoms with Gasteiger partial charge in [-0.25, -0.2) is 0 Å². The fourth-order valence-electron chi connectivity index (χ4n) is 2.87. The molecule has 0 bridgehead atoms. The summed E-state index contributed by atoms with van der Waals surface area (Å²) in [5, 5.41) is 5.87. The van der Waals surface area contributed by atoms with Crippen molar-refractivity contribution in [2.45, 2.75) is 32.9 Å². The van der Waals surface area contributed by atoms with Gasteiger partial charge in [0, 0.05) is 12.2 Å². The number of para-hydroxylation sites is 1. The van der Waals surface area contributed by atoms with Crippen molar-refractivity contribution < 1.29 is 9.59 Å². The molecule has 0 spiro atoms. The van der Waals surface area contributed by atoms with Crippen LogP contribution in [-0.4, -0.2) is 36.9 Å². The lowest BCUT2D eigenvalue weighted by Crippen LogP contribution is -2.47. The number of carbonyl (C=O) groups is 2. The molecule has 5 heteroatoms. The zero-order chi connectivity index (χ0) is 19.8. The number of rotatable bonds is 8. The van der Waals surface area contributed by atoms with Crippen LogP contribution in [0.4, 0.5) is 5.69 Å². The quantitative estimate of drug-likeness (QED) is 0.754. The number of benzene rings is 2. The average Bonchev–Trinajstić information content (AvgIpc) is 2.61. The molecule has 0 saturated carbocycles. The number of nitrogens with one attached hydrogen (secondary N) is 2. The summed E-state index contributed by atoms with van der Waals surface area (Å²) in [5.41, 5.74) is 2.74. The average molecular weight is 367 g/mol. The molecule has 0 aliphatic heterocycles. The lowest BCUT2D eigenvalue weighted by Gasteiger charge is -2.23. The molecule has 0 radical (unpaired) electrons. The highest BCUT2D eigenvalue weighted by molar-refractivity contribution is 5.98. The van der Waals surface area contributed by atoms with E-state index in [1.807, 2.05) is 87.4 Å². The minimum Gasteiger partial charge on any atom is -0.344 e. The van der Waals surface area contributed by atoms with Crippen molar-refractivity contribution in [3.05, 3.63) is 65.7 Å². The Hall–Kier alpha value is -2.66. The number of amides is 2. The Bertz CT molecular complexity index is 757. The Labute approximate surface area is 161 Å². The lowest BCUT2D eigenvalue weighted by molar-refractivity contribution is -0.127. The smallest absolute Gasteiger partial charge is 0.247 e. The second kappa shape index (κ2) is 9.88. The Morgan fingerprint density at radius 3 is 2.22 bits per heavy atom. The van der Waals surface area contributed by atoms with E-state index in [0.717, 1.165) is 23.4 Å². The van der Waals surface area contributed by atoms with Gasteiger partial charge in [-0.05, 0) is 37.2 Å². The fourth-order valence-corrected chi connectivity index (χ4v) is 2.87. The van der Waals surface area contributed by atoms with Gasteiger partial charge in [-0.2, -0.15) is 0 Å². The molecule has 0 saturated heterocycles. The van der Waals surface area contributed by atoms with Crippen LogP contribution in [-0.2, 0) is 22.6 Å². The molecule has 1 atom stereocenters. The molecule has 2 aromatic carbocycles. The second-order valence-corrected chi connectivity index (χ2v) is 7.34. The molecule has 0 fully saturated rings. The van der Waals surface area contributed by atoms with Gasteiger partial charge in [-0.1, -0.05) is 62.4 Å². The van der Waals surface area contributed by atoms with Gasteiger partial charge in [-0.15, -0.1) is 0 Å². The SMILES string of the molecule is CC(C)[C@H](NC(=O)Cc1ccccc1)C(=O)Nc1ccccc1CN(C)C. The summed E-state index contributed by atoms with van der Waals surface area (Å²) in [6.45, 7) is 4.58. The minimum absolute atomic E-state index is 0.0225. The molecular weight excluding hydrogens is 338 g/mol. The number of anilines is 1. The molecule has 0 heterocycles. The van der Waals surface area contributed by atoms with E-state index in [-0.39, 0.29) is 24.2 Å². The van der Waals surface area contributed by atoms with Crippen molar-refractivity contribution in [2.75, 3.05) is 19.4 Å². The van der Waals surface area contributed by atoms with Gasteiger partial charge in [-0.3, -0.25) is 9.59 Å². The van der Waals surface area contributed by atoms with Crippen LogP contribution in [0.1, 0.15) is 25.0 Å². The minimum atomic E-state index is -0.589. The van der Waals surface area contributed by atoms with Crippen LogP contribution in [0.3, 0.4) is 0 Å². The summed E-state index contributed by atoms with van der Waals surface area (Å²) >= 11 is 0. The van der Waals surface area contributed by atoms with E-state index in [1.54, 1.807) is 0 Å². The standard InChI is InChI=1S/C22H29N3O2/c1-16(2)21(24-20(26)14-17-10-6-5-7-11-17)22(27)23-19-13-9-8-12-18(19)15-25(3)4/h5-13,16,21H,14-15H2,1-4H3,(H,23,27)(H,24,26)/t21-/m0/s1. The summed E-state index contributed by atoms with van der Waals surface area (Å²) in [4.78, 5) is 27.3. The van der Waals surface area contributed by atoms with E-state index in [0.29, 0.717) is 0 Å². The predicted octanol–water partition coefficient (Wildman–Crippen LogP) is 3.07. The van der Waals surface area contributed by atoms with Gasteiger partial charge in [0.15, 0.2) is 0 Å². The molecule has 0 aliphatic carbocycles. The maximum atomic E-state index is 12.8. The highest BCUT2D eigenvalue weighted by Crippen LogP contribution is 2.17. The van der Waals surface area contributed by atoms with Crippen molar-refractivity contribution in [3.8, 4) is 0 Å². The largest absolute Gasteiger partial charge is 0.344 e. The van der Waals surface area contributed by atoms with E-state index >= 15 is 0 Å². The van der Waals surface area contributed by atoms with Crippen molar-refractivity contribution in [3.63, 3.8) is 0 Å². The lowest BCUT2D eigenvalue weighted by atomic mass is 10.0. The number of carbonyl (C=O) groups excluding carboxylic acids is 2. The highest BCUT2D eigenvalue weighted by Gasteiger charge is 2.24. The third kappa shape index (κ3) is 6.53. The predicted molar refractivity (Wildman–Crippen MR) is 109 cm³/mol. The molecule has 0 aromatic heterocycles. The third-order valence-electron chi connectivity index (χ3n) is 4.23. The van der Waals surface area contributed by atoms with Crippen LogP contribution in [0.25, 0.3) is 0 Å². The molecule has 2 aromatic rings. The summed E-state index contributed by atoms with van der Waals surface area (Å²) in [6, 6.07) is 16.7. The topological polar surface area (TPSA) is 61.4 Å². The van der Waals surface area contributed by atoms with Gasteiger partial charge >= 0.3 is 0 Å². The third-order valence-corrected chi connectivity index (χ3v) is 4.23. The van der Waals surface area contributed by atoms with E-state index in [9.17, 15) is 9.59 Å². The van der Waals surface area contributed by atoms with Crippen molar-refractivity contribution in [1.29, 1.82) is 0 Å². The number of nitrogens with zero attached hydrogens (tertiary/aromatic N) is 1. The zero-order valence-electron chi connectivity index (χ0n) is 16.5. The van der Waals surface area contributed by atoms with Crippen molar-refractivity contribution in [2.24, 2.45) is 5.92 Å². The molecule has 144 valence electrons. The Kier molecular flexibility index (Phi) is 7.55. The first-order valence-corrected chi connectivity index (χ1v) is 9.23. The highest BCUT2D eigenvalue weighted by atomic mass is 16.2.